The first-order valence-corrected chi connectivity index (χ1v) is 5.81. The lowest BCUT2D eigenvalue weighted by Crippen LogP contribution is -2.37. The van der Waals surface area contributed by atoms with Gasteiger partial charge in [0.2, 0.25) is 0 Å². The fourth-order valence-electron chi connectivity index (χ4n) is 2.50. The lowest BCUT2D eigenvalue weighted by atomic mass is 9.81. The average molecular weight is 221 g/mol. The molecule has 0 aliphatic carbocycles. The van der Waals surface area contributed by atoms with Gasteiger partial charge in [-0.25, -0.2) is 0 Å². The van der Waals surface area contributed by atoms with Crippen LogP contribution in [0.4, 0.5) is 0 Å². The lowest BCUT2D eigenvalue weighted by Gasteiger charge is -2.32. The highest BCUT2D eigenvalue weighted by Crippen LogP contribution is 2.35. The molecule has 1 aromatic rings. The molecule has 0 bridgehead atoms. The van der Waals surface area contributed by atoms with Gasteiger partial charge in [-0.2, -0.15) is 0 Å². The van der Waals surface area contributed by atoms with Crippen molar-refractivity contribution < 1.29 is 9.84 Å². The van der Waals surface area contributed by atoms with Crippen LogP contribution in [0.3, 0.4) is 0 Å². The van der Waals surface area contributed by atoms with Gasteiger partial charge in [0, 0.05) is 19.1 Å². The average Bonchev–Trinajstić information content (AvgIpc) is 2.38. The van der Waals surface area contributed by atoms with Gasteiger partial charge in [0.15, 0.2) is 0 Å². The number of ether oxygens (including phenoxy) is 1. The fraction of sp³-hybridized carbons (Fsp3) is 0.538. The minimum atomic E-state index is 0.232. The summed E-state index contributed by atoms with van der Waals surface area (Å²) in [4.78, 5) is 0. The standard InChI is InChI=1S/C13H19NO2/c1-16-13-5-3-2-4-12(13)11-6-7-14-8-10(11)9-15/h2-5,10-11,14-15H,6-9H2,1H3. The number of rotatable bonds is 3. The van der Waals surface area contributed by atoms with Crippen LogP contribution >= 0.6 is 0 Å². The lowest BCUT2D eigenvalue weighted by molar-refractivity contribution is 0.178. The molecular weight excluding hydrogens is 202 g/mol. The fourth-order valence-corrected chi connectivity index (χ4v) is 2.50. The molecule has 1 aliphatic heterocycles. The van der Waals surface area contributed by atoms with Crippen LogP contribution in [-0.4, -0.2) is 31.9 Å². The van der Waals surface area contributed by atoms with Gasteiger partial charge in [0.1, 0.15) is 5.75 Å². The van der Waals surface area contributed by atoms with E-state index in [1.165, 1.54) is 5.56 Å². The number of aliphatic hydroxyl groups excluding tert-OH is 1. The minimum Gasteiger partial charge on any atom is -0.496 e. The van der Waals surface area contributed by atoms with Crippen molar-refractivity contribution in [1.29, 1.82) is 0 Å². The summed E-state index contributed by atoms with van der Waals surface area (Å²) in [6.07, 6.45) is 1.06. The Morgan fingerprint density at radius 3 is 3.00 bits per heavy atom. The molecule has 3 nitrogen and oxygen atoms in total. The number of piperidine rings is 1. The molecule has 0 spiro atoms. The highest BCUT2D eigenvalue weighted by atomic mass is 16.5. The normalized spacial score (nSPS) is 25.4. The van der Waals surface area contributed by atoms with Crippen molar-refractivity contribution in [2.75, 3.05) is 26.8 Å². The van der Waals surface area contributed by atoms with Gasteiger partial charge < -0.3 is 15.2 Å². The van der Waals surface area contributed by atoms with Crippen molar-refractivity contribution in [3.05, 3.63) is 29.8 Å². The number of aliphatic hydroxyl groups is 1. The summed E-state index contributed by atoms with van der Waals surface area (Å²) in [5, 5.41) is 12.7. The summed E-state index contributed by atoms with van der Waals surface area (Å²) in [5.74, 6) is 1.64. The highest BCUT2D eigenvalue weighted by Gasteiger charge is 2.27. The molecule has 2 atom stereocenters. The third-order valence-electron chi connectivity index (χ3n) is 3.38. The molecule has 0 amide bonds. The molecule has 88 valence electrons. The maximum Gasteiger partial charge on any atom is 0.122 e. The van der Waals surface area contributed by atoms with Crippen LogP contribution in [0.25, 0.3) is 0 Å². The first-order chi connectivity index (χ1) is 7.86. The van der Waals surface area contributed by atoms with Gasteiger partial charge >= 0.3 is 0 Å². The minimum absolute atomic E-state index is 0.232. The van der Waals surface area contributed by atoms with E-state index in [0.29, 0.717) is 11.8 Å². The predicted molar refractivity (Wildman–Crippen MR) is 63.8 cm³/mol. The maximum atomic E-state index is 9.41. The quantitative estimate of drug-likeness (QED) is 0.810. The molecule has 0 saturated carbocycles. The topological polar surface area (TPSA) is 41.5 Å². The molecule has 2 unspecified atom stereocenters. The molecule has 2 rings (SSSR count). The highest BCUT2D eigenvalue weighted by molar-refractivity contribution is 5.37. The third-order valence-corrected chi connectivity index (χ3v) is 3.38. The van der Waals surface area contributed by atoms with E-state index in [4.69, 9.17) is 4.74 Å². The van der Waals surface area contributed by atoms with E-state index in [0.717, 1.165) is 25.3 Å². The number of methoxy groups -OCH3 is 1. The van der Waals surface area contributed by atoms with Crippen LogP contribution in [0.1, 0.15) is 17.9 Å². The van der Waals surface area contributed by atoms with Crippen molar-refractivity contribution in [2.45, 2.75) is 12.3 Å². The second kappa shape index (κ2) is 5.32. The van der Waals surface area contributed by atoms with E-state index in [1.807, 2.05) is 18.2 Å². The van der Waals surface area contributed by atoms with Crippen LogP contribution in [0.2, 0.25) is 0 Å². The van der Waals surface area contributed by atoms with E-state index in [9.17, 15) is 5.11 Å². The number of para-hydroxylation sites is 1. The molecule has 1 aliphatic rings. The van der Waals surface area contributed by atoms with Crippen molar-refractivity contribution in [2.24, 2.45) is 5.92 Å². The Kier molecular flexibility index (Phi) is 3.80. The smallest absolute Gasteiger partial charge is 0.122 e. The Hall–Kier alpha value is -1.06. The zero-order valence-electron chi connectivity index (χ0n) is 9.65. The summed E-state index contributed by atoms with van der Waals surface area (Å²) in [6.45, 7) is 2.13. The molecule has 1 fully saturated rings. The molecule has 1 heterocycles. The SMILES string of the molecule is COc1ccccc1C1CCNCC1CO. The van der Waals surface area contributed by atoms with Crippen molar-refractivity contribution in [3.63, 3.8) is 0 Å². The molecule has 16 heavy (non-hydrogen) atoms. The van der Waals surface area contributed by atoms with E-state index >= 15 is 0 Å². The van der Waals surface area contributed by atoms with Crippen LogP contribution in [-0.2, 0) is 0 Å². The molecular formula is C13H19NO2. The molecule has 3 heteroatoms. The summed E-state index contributed by atoms with van der Waals surface area (Å²) in [6, 6.07) is 8.12. The van der Waals surface area contributed by atoms with Crippen molar-refractivity contribution in [3.8, 4) is 5.75 Å². The van der Waals surface area contributed by atoms with Gasteiger partial charge in [0.05, 0.1) is 7.11 Å². The Bertz CT molecular complexity index is 340. The molecule has 0 radical (unpaired) electrons. The largest absolute Gasteiger partial charge is 0.496 e. The molecule has 2 N–H and O–H groups in total. The maximum absolute atomic E-state index is 9.41. The van der Waals surface area contributed by atoms with E-state index in [-0.39, 0.29) is 6.61 Å². The second-order valence-corrected chi connectivity index (χ2v) is 4.28. The van der Waals surface area contributed by atoms with Gasteiger partial charge in [-0.1, -0.05) is 18.2 Å². The summed E-state index contributed by atoms with van der Waals surface area (Å²) in [5.41, 5.74) is 1.23. The first-order valence-electron chi connectivity index (χ1n) is 5.81. The summed E-state index contributed by atoms with van der Waals surface area (Å²) in [7, 11) is 1.70. The zero-order chi connectivity index (χ0) is 11.4. The Labute approximate surface area is 96.4 Å². The van der Waals surface area contributed by atoms with Crippen LogP contribution < -0.4 is 10.1 Å². The Morgan fingerprint density at radius 1 is 1.44 bits per heavy atom. The second-order valence-electron chi connectivity index (χ2n) is 4.28. The van der Waals surface area contributed by atoms with Gasteiger partial charge in [-0.15, -0.1) is 0 Å². The Morgan fingerprint density at radius 2 is 2.25 bits per heavy atom. The van der Waals surface area contributed by atoms with Gasteiger partial charge in [-0.05, 0) is 30.5 Å². The van der Waals surface area contributed by atoms with E-state index < -0.39 is 0 Å². The van der Waals surface area contributed by atoms with Crippen LogP contribution in [0.5, 0.6) is 5.75 Å². The number of benzene rings is 1. The molecule has 1 aromatic carbocycles. The van der Waals surface area contributed by atoms with E-state index in [1.54, 1.807) is 7.11 Å². The Balaban J connectivity index is 2.26. The summed E-state index contributed by atoms with van der Waals surface area (Å²) < 4.78 is 5.39. The molecule has 0 aromatic heterocycles. The predicted octanol–water partition coefficient (Wildman–Crippen LogP) is 1.38. The van der Waals surface area contributed by atoms with Crippen molar-refractivity contribution in [1.82, 2.24) is 5.32 Å². The van der Waals surface area contributed by atoms with Crippen molar-refractivity contribution >= 4 is 0 Å². The zero-order valence-corrected chi connectivity index (χ0v) is 9.65. The van der Waals surface area contributed by atoms with E-state index in [2.05, 4.69) is 11.4 Å². The third kappa shape index (κ3) is 2.20. The number of hydrogen-bond donors (Lipinski definition) is 2. The van der Waals surface area contributed by atoms with Crippen LogP contribution in [0, 0.1) is 5.92 Å². The monoisotopic (exact) mass is 221 g/mol. The number of hydrogen-bond acceptors (Lipinski definition) is 3. The van der Waals surface area contributed by atoms with Gasteiger partial charge in [0.25, 0.3) is 0 Å². The van der Waals surface area contributed by atoms with Gasteiger partial charge in [-0.3, -0.25) is 0 Å². The molecule has 1 saturated heterocycles. The van der Waals surface area contributed by atoms with Crippen LogP contribution in [0.15, 0.2) is 24.3 Å². The first kappa shape index (κ1) is 11.4. The number of nitrogens with one attached hydrogen (secondary N) is 1. The summed E-state index contributed by atoms with van der Waals surface area (Å²) >= 11 is 0.